The van der Waals surface area contributed by atoms with Crippen LogP contribution in [0, 0.1) is 0 Å². The van der Waals surface area contributed by atoms with Crippen LogP contribution >= 0.6 is 0 Å². The van der Waals surface area contributed by atoms with E-state index in [1.807, 2.05) is 0 Å². The summed E-state index contributed by atoms with van der Waals surface area (Å²) < 4.78 is 0. The number of hydrogen-bond donors (Lipinski definition) is 0. The molecule has 0 heterocycles. The fraction of sp³-hybridized carbons (Fsp3) is 0.556. The molecule has 2 aliphatic rings. The van der Waals surface area contributed by atoms with E-state index in [0.717, 1.165) is 5.54 Å². The second-order valence-electron chi connectivity index (χ2n) is 3.41. The normalized spacial score (nSPS) is 31.4. The van der Waals surface area contributed by atoms with Crippen molar-refractivity contribution in [1.29, 1.82) is 0 Å². The maximum atomic E-state index is 2.40. The zero-order chi connectivity index (χ0) is 6.97. The Morgan fingerprint density at radius 2 is 2.10 bits per heavy atom. The van der Waals surface area contributed by atoms with E-state index in [1.165, 1.54) is 35.9 Å². The van der Waals surface area contributed by atoms with Gasteiger partial charge in [0.25, 0.3) is 0 Å². The lowest BCUT2D eigenvalue weighted by Crippen LogP contribution is -1.98. The molecule has 0 aromatic rings. The van der Waals surface area contributed by atoms with Crippen LogP contribution in [0.1, 0.15) is 25.7 Å². The molecule has 54 valence electrons. The highest BCUT2D eigenvalue weighted by molar-refractivity contribution is 6.15. The molecule has 0 saturated carbocycles. The minimum Gasteiger partial charge on any atom is -0.0808 e. The Balaban J connectivity index is 2.27. The smallest absolute Gasteiger partial charge is 0.0167 e. The van der Waals surface area contributed by atoms with Crippen LogP contribution < -0.4 is 0 Å². The van der Waals surface area contributed by atoms with Gasteiger partial charge in [-0.3, -0.25) is 0 Å². The van der Waals surface area contributed by atoms with Crippen LogP contribution in [-0.2, 0) is 0 Å². The topological polar surface area (TPSA) is 0 Å². The van der Waals surface area contributed by atoms with Crippen LogP contribution in [0.4, 0.5) is 0 Å². The van der Waals surface area contributed by atoms with E-state index >= 15 is 0 Å². The molecule has 0 aromatic carbocycles. The van der Waals surface area contributed by atoms with E-state index in [4.69, 9.17) is 0 Å². The largest absolute Gasteiger partial charge is 0.0808 e. The van der Waals surface area contributed by atoms with Crippen LogP contribution in [-0.4, -0.2) is 10.2 Å². The van der Waals surface area contributed by atoms with E-state index in [0.29, 0.717) is 0 Å². The average molecular weight is 150 g/mol. The summed E-state index contributed by atoms with van der Waals surface area (Å²) in [6.07, 6.45) is 10.4. The zero-order valence-electron chi connectivity index (χ0n) is 6.56. The molecule has 1 heteroatoms. The Labute approximate surface area is 65.4 Å². The first-order chi connectivity index (χ1) is 4.88. The average Bonchev–Trinajstić information content (AvgIpc) is 2.34. The van der Waals surface area contributed by atoms with Crippen molar-refractivity contribution in [2.45, 2.75) is 31.2 Å². The first-order valence-electron chi connectivity index (χ1n) is 4.28. The minimum absolute atomic E-state index is 0.898. The van der Waals surface area contributed by atoms with Crippen LogP contribution in [0.5, 0.6) is 0 Å². The maximum Gasteiger partial charge on any atom is 0.0167 e. The maximum absolute atomic E-state index is 2.40. The lowest BCUT2D eigenvalue weighted by atomic mass is 9.94. The summed E-state index contributed by atoms with van der Waals surface area (Å²) in [7, 11) is 1.33. The standard InChI is InChI=1S/C9H14Si/c10-9-6-5-7-3-1-2-4-8(7)9/h5-6,9H,1-4H2,10H3. The fourth-order valence-corrected chi connectivity index (χ4v) is 2.89. The summed E-state index contributed by atoms with van der Waals surface area (Å²) >= 11 is 0. The minimum atomic E-state index is 0.898. The number of hydrogen-bond acceptors (Lipinski definition) is 0. The third kappa shape index (κ3) is 0.890. The van der Waals surface area contributed by atoms with Crippen molar-refractivity contribution < 1.29 is 0 Å². The number of rotatable bonds is 0. The van der Waals surface area contributed by atoms with Crippen molar-refractivity contribution in [1.82, 2.24) is 0 Å². The van der Waals surface area contributed by atoms with Crippen LogP contribution in [0.3, 0.4) is 0 Å². The lowest BCUT2D eigenvalue weighted by molar-refractivity contribution is 0.681. The summed E-state index contributed by atoms with van der Waals surface area (Å²) in [5.74, 6) is 0. The summed E-state index contributed by atoms with van der Waals surface area (Å²) in [6, 6.07) is 0. The summed E-state index contributed by atoms with van der Waals surface area (Å²) in [5.41, 5.74) is 4.37. The quantitative estimate of drug-likeness (QED) is 0.460. The van der Waals surface area contributed by atoms with Crippen LogP contribution in [0.2, 0.25) is 5.54 Å². The van der Waals surface area contributed by atoms with E-state index in [9.17, 15) is 0 Å². The van der Waals surface area contributed by atoms with Gasteiger partial charge in [0.1, 0.15) is 0 Å². The molecule has 0 nitrogen and oxygen atoms in total. The van der Waals surface area contributed by atoms with Gasteiger partial charge in [-0.1, -0.05) is 17.7 Å². The summed E-state index contributed by atoms with van der Waals surface area (Å²) in [4.78, 5) is 0. The Morgan fingerprint density at radius 1 is 1.30 bits per heavy atom. The van der Waals surface area contributed by atoms with Gasteiger partial charge in [-0.15, -0.1) is 0 Å². The van der Waals surface area contributed by atoms with Gasteiger partial charge < -0.3 is 0 Å². The molecule has 0 aliphatic heterocycles. The first-order valence-corrected chi connectivity index (χ1v) is 5.43. The second kappa shape index (κ2) is 2.39. The highest BCUT2D eigenvalue weighted by Crippen LogP contribution is 2.37. The molecule has 0 radical (unpaired) electrons. The van der Waals surface area contributed by atoms with E-state index in [1.54, 1.807) is 11.1 Å². The van der Waals surface area contributed by atoms with Crippen molar-refractivity contribution in [3.63, 3.8) is 0 Å². The van der Waals surface area contributed by atoms with Crippen LogP contribution in [0.15, 0.2) is 23.3 Å². The molecule has 0 N–H and O–H groups in total. The van der Waals surface area contributed by atoms with Gasteiger partial charge in [0, 0.05) is 10.2 Å². The molecular weight excluding hydrogens is 136 g/mol. The van der Waals surface area contributed by atoms with Gasteiger partial charge in [0.05, 0.1) is 0 Å². The molecule has 0 fully saturated rings. The zero-order valence-corrected chi connectivity index (χ0v) is 8.56. The second-order valence-corrected chi connectivity index (χ2v) is 4.65. The van der Waals surface area contributed by atoms with Crippen molar-refractivity contribution in [2.75, 3.05) is 0 Å². The fourth-order valence-electron chi connectivity index (χ4n) is 2.04. The van der Waals surface area contributed by atoms with Gasteiger partial charge in [-0.2, -0.15) is 0 Å². The molecular formula is C9H14Si. The molecule has 0 bridgehead atoms. The Morgan fingerprint density at radius 3 is 2.90 bits per heavy atom. The molecule has 0 saturated heterocycles. The lowest BCUT2D eigenvalue weighted by Gasteiger charge is -2.16. The van der Waals surface area contributed by atoms with Gasteiger partial charge in [0.15, 0.2) is 0 Å². The Bertz CT molecular complexity index is 201. The van der Waals surface area contributed by atoms with Crippen molar-refractivity contribution in [3.05, 3.63) is 23.3 Å². The molecule has 2 aliphatic carbocycles. The predicted octanol–water partition coefficient (Wildman–Crippen LogP) is 1.58. The number of allylic oxidation sites excluding steroid dienone is 4. The molecule has 10 heavy (non-hydrogen) atoms. The molecule has 0 spiro atoms. The Kier molecular flexibility index (Phi) is 1.53. The highest BCUT2D eigenvalue weighted by atomic mass is 28.1. The van der Waals surface area contributed by atoms with Crippen LogP contribution in [0.25, 0.3) is 0 Å². The molecule has 0 amide bonds. The molecule has 1 unspecified atom stereocenters. The van der Waals surface area contributed by atoms with Gasteiger partial charge >= 0.3 is 0 Å². The van der Waals surface area contributed by atoms with Crippen molar-refractivity contribution in [2.24, 2.45) is 0 Å². The van der Waals surface area contributed by atoms with Gasteiger partial charge in [-0.05, 0) is 36.8 Å². The first kappa shape index (κ1) is 6.41. The third-order valence-electron chi connectivity index (χ3n) is 2.69. The third-order valence-corrected chi connectivity index (χ3v) is 3.77. The summed E-state index contributed by atoms with van der Waals surface area (Å²) in [5, 5.41) is 0. The van der Waals surface area contributed by atoms with E-state index in [2.05, 4.69) is 12.2 Å². The van der Waals surface area contributed by atoms with Crippen molar-refractivity contribution in [3.8, 4) is 0 Å². The molecule has 2 rings (SSSR count). The SMILES string of the molecule is [SiH3]C1C=CC2=C1CCCC2. The van der Waals surface area contributed by atoms with Crippen molar-refractivity contribution >= 4 is 10.2 Å². The van der Waals surface area contributed by atoms with E-state index < -0.39 is 0 Å². The molecule has 0 aromatic heterocycles. The monoisotopic (exact) mass is 150 g/mol. The predicted molar refractivity (Wildman–Crippen MR) is 48.3 cm³/mol. The van der Waals surface area contributed by atoms with Gasteiger partial charge in [-0.25, -0.2) is 0 Å². The van der Waals surface area contributed by atoms with E-state index in [-0.39, 0.29) is 0 Å². The Hall–Kier alpha value is -0.303. The summed E-state index contributed by atoms with van der Waals surface area (Å²) in [6.45, 7) is 0. The van der Waals surface area contributed by atoms with Gasteiger partial charge in [0.2, 0.25) is 0 Å². The highest BCUT2D eigenvalue weighted by Gasteiger charge is 2.18. The molecule has 1 atom stereocenters.